The van der Waals surface area contributed by atoms with Crippen LogP contribution in [0.3, 0.4) is 0 Å². The Balaban J connectivity index is 2.90. The molecule has 3 nitrogen and oxygen atoms in total. The van der Waals surface area contributed by atoms with E-state index in [2.05, 4.69) is 13.8 Å². The highest BCUT2D eigenvalue weighted by molar-refractivity contribution is 6.07. The van der Waals surface area contributed by atoms with Gasteiger partial charge in [0.25, 0.3) is 0 Å². The quantitative estimate of drug-likeness (QED) is 0.627. The molecule has 0 spiro atoms. The van der Waals surface area contributed by atoms with Crippen molar-refractivity contribution in [1.29, 1.82) is 0 Å². The van der Waals surface area contributed by atoms with E-state index < -0.39 is 11.9 Å². The van der Waals surface area contributed by atoms with Crippen molar-refractivity contribution in [2.45, 2.75) is 26.7 Å². The van der Waals surface area contributed by atoms with E-state index in [-0.39, 0.29) is 5.78 Å². The summed E-state index contributed by atoms with van der Waals surface area (Å²) in [6.45, 7) is 5.54. The molecule has 0 bridgehead atoms. The van der Waals surface area contributed by atoms with E-state index in [0.717, 1.165) is 5.56 Å². The number of ketones is 1. The first-order chi connectivity index (χ1) is 7.43. The van der Waals surface area contributed by atoms with Gasteiger partial charge in [-0.1, -0.05) is 38.1 Å². The van der Waals surface area contributed by atoms with Gasteiger partial charge in [0.1, 0.15) is 5.92 Å². The van der Waals surface area contributed by atoms with Crippen molar-refractivity contribution in [1.82, 2.24) is 0 Å². The van der Waals surface area contributed by atoms with E-state index in [0.29, 0.717) is 11.5 Å². The second-order valence-electron chi connectivity index (χ2n) is 4.20. The zero-order valence-corrected chi connectivity index (χ0v) is 9.73. The number of carboxylic acids is 1. The van der Waals surface area contributed by atoms with Gasteiger partial charge in [-0.15, -0.1) is 0 Å². The molecule has 1 unspecified atom stereocenters. The number of aliphatic carboxylic acids is 1. The molecule has 1 N–H and O–H groups in total. The molecule has 0 aliphatic carbocycles. The van der Waals surface area contributed by atoms with Crippen LogP contribution in [0.15, 0.2) is 24.3 Å². The predicted molar refractivity (Wildman–Crippen MR) is 61.7 cm³/mol. The maximum Gasteiger partial charge on any atom is 0.314 e. The van der Waals surface area contributed by atoms with Crippen molar-refractivity contribution in [2.75, 3.05) is 0 Å². The highest BCUT2D eigenvalue weighted by atomic mass is 16.4. The molecule has 16 heavy (non-hydrogen) atoms. The number of benzene rings is 1. The molecular weight excluding hydrogens is 204 g/mol. The standard InChI is InChI=1S/C13H16O3/c1-8(2)10-4-6-11(7-5-10)12(14)9(3)13(15)16/h4-9H,1-3H3,(H,15,16). The lowest BCUT2D eigenvalue weighted by molar-refractivity contribution is -0.139. The Morgan fingerprint density at radius 1 is 1.06 bits per heavy atom. The molecule has 0 aliphatic heterocycles. The molecule has 0 fully saturated rings. The minimum absolute atomic E-state index is 0.345. The molecule has 0 heterocycles. The Hall–Kier alpha value is -1.64. The summed E-state index contributed by atoms with van der Waals surface area (Å²) in [7, 11) is 0. The van der Waals surface area contributed by atoms with Gasteiger partial charge in [-0.3, -0.25) is 9.59 Å². The molecule has 86 valence electrons. The smallest absolute Gasteiger partial charge is 0.314 e. The van der Waals surface area contributed by atoms with Crippen molar-refractivity contribution in [3.8, 4) is 0 Å². The molecule has 0 saturated heterocycles. The fourth-order valence-corrected chi connectivity index (χ4v) is 1.39. The van der Waals surface area contributed by atoms with Crippen LogP contribution in [0.2, 0.25) is 0 Å². The van der Waals surface area contributed by atoms with Crippen molar-refractivity contribution in [3.63, 3.8) is 0 Å². The Labute approximate surface area is 95.1 Å². The third kappa shape index (κ3) is 2.69. The van der Waals surface area contributed by atoms with Crippen LogP contribution >= 0.6 is 0 Å². The molecule has 0 aromatic heterocycles. The van der Waals surface area contributed by atoms with E-state index in [1.54, 1.807) is 12.1 Å². The van der Waals surface area contributed by atoms with Crippen LogP contribution in [0.4, 0.5) is 0 Å². The van der Waals surface area contributed by atoms with Gasteiger partial charge in [0.2, 0.25) is 0 Å². The summed E-state index contributed by atoms with van der Waals surface area (Å²) in [5, 5.41) is 8.74. The van der Waals surface area contributed by atoms with Crippen LogP contribution < -0.4 is 0 Å². The van der Waals surface area contributed by atoms with Gasteiger partial charge >= 0.3 is 5.97 Å². The molecular formula is C13H16O3. The van der Waals surface area contributed by atoms with Crippen LogP contribution in [-0.4, -0.2) is 16.9 Å². The summed E-state index contributed by atoms with van der Waals surface area (Å²) in [4.78, 5) is 22.4. The topological polar surface area (TPSA) is 54.4 Å². The van der Waals surface area contributed by atoms with Gasteiger partial charge in [-0.05, 0) is 18.4 Å². The molecule has 1 rings (SSSR count). The number of rotatable bonds is 4. The minimum atomic E-state index is -1.09. The van der Waals surface area contributed by atoms with Crippen molar-refractivity contribution < 1.29 is 14.7 Å². The fourth-order valence-electron chi connectivity index (χ4n) is 1.39. The molecule has 1 atom stereocenters. The number of hydrogen-bond acceptors (Lipinski definition) is 2. The summed E-state index contributed by atoms with van der Waals surface area (Å²) >= 11 is 0. The molecule has 3 heteroatoms. The van der Waals surface area contributed by atoms with Crippen LogP contribution in [0, 0.1) is 5.92 Å². The second-order valence-corrected chi connectivity index (χ2v) is 4.20. The van der Waals surface area contributed by atoms with Crippen molar-refractivity contribution >= 4 is 11.8 Å². The van der Waals surface area contributed by atoms with E-state index >= 15 is 0 Å². The summed E-state index contributed by atoms with van der Waals surface area (Å²) in [5.74, 6) is -2.01. The van der Waals surface area contributed by atoms with E-state index in [9.17, 15) is 9.59 Å². The molecule has 1 aromatic rings. The average Bonchev–Trinajstić information content (AvgIpc) is 2.27. The SMILES string of the molecule is CC(C(=O)O)C(=O)c1ccc(C(C)C)cc1. The Kier molecular flexibility index (Phi) is 3.82. The van der Waals surface area contributed by atoms with Gasteiger partial charge in [-0.25, -0.2) is 0 Å². The minimum Gasteiger partial charge on any atom is -0.481 e. The lowest BCUT2D eigenvalue weighted by atomic mass is 9.96. The Bertz CT molecular complexity index is 390. The fraction of sp³-hybridized carbons (Fsp3) is 0.385. The van der Waals surface area contributed by atoms with Gasteiger partial charge in [-0.2, -0.15) is 0 Å². The van der Waals surface area contributed by atoms with Crippen LogP contribution in [0.25, 0.3) is 0 Å². The number of carbonyl (C=O) groups is 2. The van der Waals surface area contributed by atoms with E-state index in [1.807, 2.05) is 12.1 Å². The highest BCUT2D eigenvalue weighted by Crippen LogP contribution is 2.16. The number of hydrogen-bond donors (Lipinski definition) is 1. The third-order valence-corrected chi connectivity index (χ3v) is 2.63. The van der Waals surface area contributed by atoms with Crippen LogP contribution in [-0.2, 0) is 4.79 Å². The van der Waals surface area contributed by atoms with E-state index in [1.165, 1.54) is 6.92 Å². The van der Waals surface area contributed by atoms with E-state index in [4.69, 9.17) is 5.11 Å². The van der Waals surface area contributed by atoms with Crippen molar-refractivity contribution in [2.24, 2.45) is 5.92 Å². The van der Waals surface area contributed by atoms with Crippen LogP contribution in [0.1, 0.15) is 42.6 Å². The maximum absolute atomic E-state index is 11.7. The summed E-state index contributed by atoms with van der Waals surface area (Å²) in [6, 6.07) is 7.12. The summed E-state index contributed by atoms with van der Waals surface area (Å²) in [6.07, 6.45) is 0. The first-order valence-corrected chi connectivity index (χ1v) is 5.30. The largest absolute Gasteiger partial charge is 0.481 e. The zero-order chi connectivity index (χ0) is 12.3. The van der Waals surface area contributed by atoms with Gasteiger partial charge < -0.3 is 5.11 Å². The molecule has 0 amide bonds. The van der Waals surface area contributed by atoms with Crippen LogP contribution in [0.5, 0.6) is 0 Å². The lowest BCUT2D eigenvalue weighted by Gasteiger charge is -2.08. The number of Topliss-reactive ketones (excluding diaryl/α,β-unsaturated/α-hetero) is 1. The Morgan fingerprint density at radius 2 is 1.56 bits per heavy atom. The number of carboxylic acid groups (broad SMARTS) is 1. The highest BCUT2D eigenvalue weighted by Gasteiger charge is 2.21. The van der Waals surface area contributed by atoms with Gasteiger partial charge in [0.05, 0.1) is 0 Å². The molecule has 1 aromatic carbocycles. The summed E-state index contributed by atoms with van der Waals surface area (Å²) < 4.78 is 0. The lowest BCUT2D eigenvalue weighted by Crippen LogP contribution is -2.20. The molecule has 0 radical (unpaired) electrons. The maximum atomic E-state index is 11.7. The molecule has 0 aliphatic rings. The third-order valence-electron chi connectivity index (χ3n) is 2.63. The first-order valence-electron chi connectivity index (χ1n) is 5.30. The first kappa shape index (κ1) is 12.4. The van der Waals surface area contributed by atoms with Gasteiger partial charge in [0, 0.05) is 5.56 Å². The monoisotopic (exact) mass is 220 g/mol. The second kappa shape index (κ2) is 4.92. The normalized spacial score (nSPS) is 12.5. The summed E-state index contributed by atoms with van der Waals surface area (Å²) in [5.41, 5.74) is 1.60. The number of carbonyl (C=O) groups excluding carboxylic acids is 1. The molecule has 0 saturated carbocycles. The predicted octanol–water partition coefficient (Wildman–Crippen LogP) is 2.71. The zero-order valence-electron chi connectivity index (χ0n) is 9.73. The average molecular weight is 220 g/mol. The van der Waals surface area contributed by atoms with Crippen molar-refractivity contribution in [3.05, 3.63) is 35.4 Å². The van der Waals surface area contributed by atoms with Gasteiger partial charge in [0.15, 0.2) is 5.78 Å². The Morgan fingerprint density at radius 3 is 1.94 bits per heavy atom.